The number of hydrogen-bond donors (Lipinski definition) is 2. The number of aryl methyl sites for hydroxylation is 2. The first kappa shape index (κ1) is 13.7. The highest BCUT2D eigenvalue weighted by atomic mass is 32.1. The molecule has 108 valence electrons. The molecule has 0 bridgehead atoms. The Kier molecular flexibility index (Phi) is 3.66. The van der Waals surface area contributed by atoms with Gasteiger partial charge in [0, 0.05) is 17.4 Å². The molecular weight excluding hydrogens is 284 g/mol. The molecule has 0 fully saturated rings. The van der Waals surface area contributed by atoms with Gasteiger partial charge in [-0.3, -0.25) is 0 Å². The summed E-state index contributed by atoms with van der Waals surface area (Å²) in [6.45, 7) is 4.39. The van der Waals surface area contributed by atoms with E-state index in [1.165, 1.54) is 5.56 Å². The van der Waals surface area contributed by atoms with Crippen molar-refractivity contribution in [1.82, 2.24) is 0 Å². The molecular formula is C16H16N2O2S. The van der Waals surface area contributed by atoms with Crippen molar-refractivity contribution >= 4 is 28.7 Å². The van der Waals surface area contributed by atoms with Gasteiger partial charge < -0.3 is 20.1 Å². The summed E-state index contributed by atoms with van der Waals surface area (Å²) in [7, 11) is 0. The smallest absolute Gasteiger partial charge is 0.231 e. The van der Waals surface area contributed by atoms with E-state index < -0.39 is 0 Å². The first-order valence-electron chi connectivity index (χ1n) is 6.67. The fourth-order valence-electron chi connectivity index (χ4n) is 2.21. The van der Waals surface area contributed by atoms with Crippen molar-refractivity contribution in [2.24, 2.45) is 0 Å². The SMILES string of the molecule is Cc1ccc(NC(=S)Nc2ccc3c(c2)OCO3)c(C)c1. The van der Waals surface area contributed by atoms with E-state index in [-0.39, 0.29) is 6.79 Å². The second kappa shape index (κ2) is 5.61. The molecule has 21 heavy (non-hydrogen) atoms. The van der Waals surface area contributed by atoms with Gasteiger partial charge in [0.2, 0.25) is 6.79 Å². The molecule has 2 aromatic carbocycles. The zero-order valence-electron chi connectivity index (χ0n) is 11.9. The first-order chi connectivity index (χ1) is 10.1. The quantitative estimate of drug-likeness (QED) is 0.825. The predicted octanol–water partition coefficient (Wildman–Crippen LogP) is 3.84. The van der Waals surface area contributed by atoms with Gasteiger partial charge in [-0.05, 0) is 49.8 Å². The minimum absolute atomic E-state index is 0.268. The summed E-state index contributed by atoms with van der Waals surface area (Å²) in [5.74, 6) is 1.49. The topological polar surface area (TPSA) is 42.5 Å². The van der Waals surface area contributed by atoms with Crippen LogP contribution in [0.3, 0.4) is 0 Å². The molecule has 0 aromatic heterocycles. The molecule has 2 aromatic rings. The van der Waals surface area contributed by atoms with E-state index in [1.807, 2.05) is 24.3 Å². The molecule has 2 N–H and O–H groups in total. The Morgan fingerprint density at radius 3 is 2.62 bits per heavy atom. The maximum absolute atomic E-state index is 5.35. The Morgan fingerprint density at radius 2 is 1.81 bits per heavy atom. The van der Waals surface area contributed by atoms with Crippen molar-refractivity contribution in [3.63, 3.8) is 0 Å². The molecule has 1 heterocycles. The van der Waals surface area contributed by atoms with E-state index in [4.69, 9.17) is 21.7 Å². The van der Waals surface area contributed by atoms with Crippen LogP contribution in [0.25, 0.3) is 0 Å². The predicted molar refractivity (Wildman–Crippen MR) is 88.3 cm³/mol. The second-order valence-corrected chi connectivity index (χ2v) is 5.37. The summed E-state index contributed by atoms with van der Waals surface area (Å²) in [5, 5.41) is 6.89. The van der Waals surface area contributed by atoms with Gasteiger partial charge >= 0.3 is 0 Å². The van der Waals surface area contributed by atoms with Crippen LogP contribution in [0.5, 0.6) is 11.5 Å². The lowest BCUT2D eigenvalue weighted by Crippen LogP contribution is -2.19. The van der Waals surface area contributed by atoms with Gasteiger partial charge in [-0.2, -0.15) is 0 Å². The molecule has 0 atom stereocenters. The Bertz CT molecular complexity index is 701. The second-order valence-electron chi connectivity index (χ2n) is 4.97. The molecule has 0 aliphatic carbocycles. The van der Waals surface area contributed by atoms with Gasteiger partial charge in [0.15, 0.2) is 16.6 Å². The van der Waals surface area contributed by atoms with Crippen molar-refractivity contribution < 1.29 is 9.47 Å². The molecule has 5 heteroatoms. The van der Waals surface area contributed by atoms with E-state index >= 15 is 0 Å². The van der Waals surface area contributed by atoms with Crippen molar-refractivity contribution in [3.8, 4) is 11.5 Å². The number of fused-ring (bicyclic) bond motifs is 1. The van der Waals surface area contributed by atoms with Gasteiger partial charge in [-0.15, -0.1) is 0 Å². The molecule has 1 aliphatic heterocycles. The summed E-state index contributed by atoms with van der Waals surface area (Å²) in [4.78, 5) is 0. The van der Waals surface area contributed by atoms with Crippen molar-refractivity contribution in [1.29, 1.82) is 0 Å². The number of rotatable bonds is 2. The van der Waals surface area contributed by atoms with Crippen LogP contribution in [0, 0.1) is 13.8 Å². The number of benzene rings is 2. The maximum atomic E-state index is 5.35. The monoisotopic (exact) mass is 300 g/mol. The van der Waals surface area contributed by atoms with Crippen LogP contribution in [0.1, 0.15) is 11.1 Å². The Hall–Kier alpha value is -2.27. The lowest BCUT2D eigenvalue weighted by Gasteiger charge is -2.13. The normalized spacial score (nSPS) is 12.1. The minimum atomic E-state index is 0.268. The largest absolute Gasteiger partial charge is 0.454 e. The molecule has 1 aliphatic rings. The lowest BCUT2D eigenvalue weighted by atomic mass is 10.1. The highest BCUT2D eigenvalue weighted by Crippen LogP contribution is 2.34. The summed E-state index contributed by atoms with van der Waals surface area (Å²) in [6, 6.07) is 11.8. The summed E-state index contributed by atoms with van der Waals surface area (Å²) < 4.78 is 10.6. The third-order valence-electron chi connectivity index (χ3n) is 3.26. The third kappa shape index (κ3) is 3.08. The van der Waals surface area contributed by atoms with Crippen LogP contribution in [0.4, 0.5) is 11.4 Å². The summed E-state index contributed by atoms with van der Waals surface area (Å²) in [5.41, 5.74) is 4.25. The Labute approximate surface area is 129 Å². The number of ether oxygens (including phenoxy) is 2. The van der Waals surface area contributed by atoms with E-state index in [9.17, 15) is 0 Å². The summed E-state index contributed by atoms with van der Waals surface area (Å²) in [6.07, 6.45) is 0. The molecule has 0 spiro atoms. The van der Waals surface area contributed by atoms with Crippen LogP contribution in [-0.4, -0.2) is 11.9 Å². The fraction of sp³-hybridized carbons (Fsp3) is 0.188. The van der Waals surface area contributed by atoms with Gasteiger partial charge in [0.1, 0.15) is 0 Å². The van der Waals surface area contributed by atoms with Crippen molar-refractivity contribution in [2.75, 3.05) is 17.4 Å². The molecule has 0 unspecified atom stereocenters. The van der Waals surface area contributed by atoms with E-state index in [1.54, 1.807) is 0 Å². The fourth-order valence-corrected chi connectivity index (χ4v) is 2.44. The van der Waals surface area contributed by atoms with Crippen LogP contribution >= 0.6 is 12.2 Å². The minimum Gasteiger partial charge on any atom is -0.454 e. The first-order valence-corrected chi connectivity index (χ1v) is 7.07. The number of anilines is 2. The van der Waals surface area contributed by atoms with Crippen LogP contribution < -0.4 is 20.1 Å². The Morgan fingerprint density at radius 1 is 1.00 bits per heavy atom. The average Bonchev–Trinajstić information content (AvgIpc) is 2.89. The molecule has 4 nitrogen and oxygen atoms in total. The summed E-state index contributed by atoms with van der Waals surface area (Å²) >= 11 is 5.34. The maximum Gasteiger partial charge on any atom is 0.231 e. The zero-order valence-corrected chi connectivity index (χ0v) is 12.7. The molecule has 3 rings (SSSR count). The highest BCUT2D eigenvalue weighted by molar-refractivity contribution is 7.80. The van der Waals surface area contributed by atoms with Crippen LogP contribution in [0.2, 0.25) is 0 Å². The zero-order chi connectivity index (χ0) is 14.8. The van der Waals surface area contributed by atoms with Gasteiger partial charge in [0.05, 0.1) is 0 Å². The van der Waals surface area contributed by atoms with Crippen molar-refractivity contribution in [3.05, 3.63) is 47.5 Å². The van der Waals surface area contributed by atoms with E-state index in [2.05, 4.69) is 36.6 Å². The number of hydrogen-bond acceptors (Lipinski definition) is 3. The molecule has 0 radical (unpaired) electrons. The van der Waals surface area contributed by atoms with Gasteiger partial charge in [0.25, 0.3) is 0 Å². The highest BCUT2D eigenvalue weighted by Gasteiger charge is 2.13. The third-order valence-corrected chi connectivity index (χ3v) is 3.46. The van der Waals surface area contributed by atoms with Crippen LogP contribution in [-0.2, 0) is 0 Å². The molecule has 0 amide bonds. The van der Waals surface area contributed by atoms with Gasteiger partial charge in [-0.1, -0.05) is 17.7 Å². The molecule has 0 saturated heterocycles. The van der Waals surface area contributed by atoms with Crippen molar-refractivity contribution in [2.45, 2.75) is 13.8 Å². The standard InChI is InChI=1S/C16H16N2O2S/c1-10-3-5-13(11(2)7-10)18-16(21)17-12-4-6-14-15(8-12)20-9-19-14/h3-8H,9H2,1-2H3,(H2,17,18,21). The average molecular weight is 300 g/mol. The van der Waals surface area contributed by atoms with Crippen LogP contribution in [0.15, 0.2) is 36.4 Å². The lowest BCUT2D eigenvalue weighted by molar-refractivity contribution is 0.174. The van der Waals surface area contributed by atoms with E-state index in [0.717, 1.165) is 28.4 Å². The van der Waals surface area contributed by atoms with Gasteiger partial charge in [-0.25, -0.2) is 0 Å². The number of thiocarbonyl (C=S) groups is 1. The molecule has 0 saturated carbocycles. The Balaban J connectivity index is 1.69. The number of nitrogens with one attached hydrogen (secondary N) is 2. The van der Waals surface area contributed by atoms with E-state index in [0.29, 0.717) is 5.11 Å².